The summed E-state index contributed by atoms with van der Waals surface area (Å²) in [6.45, 7) is 3.08. The average molecular weight is 561 g/mol. The molecule has 0 aliphatic heterocycles. The van der Waals surface area contributed by atoms with Crippen molar-refractivity contribution >= 4 is 53.1 Å². The molecule has 0 heterocycles. The van der Waals surface area contributed by atoms with Crippen molar-refractivity contribution in [2.24, 2.45) is 4.99 Å². The SMILES string of the molecule is CN=C(NCCC(=O)Nc1ccc(C)cc1Cl)NCCc1ccc(OC)c(OC)c1.I. The van der Waals surface area contributed by atoms with Crippen LogP contribution in [0.3, 0.4) is 0 Å². The Morgan fingerprint density at radius 1 is 1.03 bits per heavy atom. The number of anilines is 1. The standard InChI is InChI=1S/C22H29ClN4O3.HI/c1-15-5-7-18(17(23)13-15)27-21(28)10-12-26-22(24-2)25-11-9-16-6-8-19(29-3)20(14-16)30-4;/h5-8,13-14H,9-12H2,1-4H3,(H,27,28)(H2,24,25,26);1H. The van der Waals surface area contributed by atoms with E-state index in [4.69, 9.17) is 21.1 Å². The molecule has 0 atom stereocenters. The van der Waals surface area contributed by atoms with Crippen LogP contribution in [-0.2, 0) is 11.2 Å². The van der Waals surface area contributed by atoms with Crippen molar-refractivity contribution in [3.05, 3.63) is 52.5 Å². The van der Waals surface area contributed by atoms with E-state index in [0.29, 0.717) is 47.7 Å². The molecule has 0 unspecified atom stereocenters. The molecule has 9 heteroatoms. The Labute approximate surface area is 206 Å². The molecule has 0 bridgehead atoms. The van der Waals surface area contributed by atoms with Crippen molar-refractivity contribution in [3.8, 4) is 11.5 Å². The first-order valence-electron chi connectivity index (χ1n) is 9.68. The summed E-state index contributed by atoms with van der Waals surface area (Å²) in [5, 5.41) is 9.73. The first-order chi connectivity index (χ1) is 14.5. The van der Waals surface area contributed by atoms with Gasteiger partial charge < -0.3 is 25.4 Å². The van der Waals surface area contributed by atoms with Gasteiger partial charge >= 0.3 is 0 Å². The molecular weight excluding hydrogens is 531 g/mol. The van der Waals surface area contributed by atoms with Crippen LogP contribution in [0.1, 0.15) is 17.5 Å². The molecule has 0 radical (unpaired) electrons. The van der Waals surface area contributed by atoms with E-state index < -0.39 is 0 Å². The van der Waals surface area contributed by atoms with Gasteiger partial charge in [-0.05, 0) is 48.7 Å². The van der Waals surface area contributed by atoms with Crippen LogP contribution in [0.15, 0.2) is 41.4 Å². The van der Waals surface area contributed by atoms with E-state index in [1.54, 1.807) is 27.3 Å². The fraction of sp³-hybridized carbons (Fsp3) is 0.364. The molecule has 2 rings (SSSR count). The zero-order valence-electron chi connectivity index (χ0n) is 18.3. The second-order valence-electron chi connectivity index (χ2n) is 6.65. The lowest BCUT2D eigenvalue weighted by molar-refractivity contribution is -0.116. The number of aryl methyl sites for hydroxylation is 1. The van der Waals surface area contributed by atoms with Crippen LogP contribution in [0, 0.1) is 6.92 Å². The summed E-state index contributed by atoms with van der Waals surface area (Å²) in [6, 6.07) is 11.4. The van der Waals surface area contributed by atoms with Crippen LogP contribution in [0.4, 0.5) is 5.69 Å². The molecule has 7 nitrogen and oxygen atoms in total. The lowest BCUT2D eigenvalue weighted by Gasteiger charge is -2.13. The highest BCUT2D eigenvalue weighted by molar-refractivity contribution is 14.0. The number of hydrogen-bond donors (Lipinski definition) is 3. The molecule has 3 N–H and O–H groups in total. The first-order valence-corrected chi connectivity index (χ1v) is 10.1. The van der Waals surface area contributed by atoms with Crippen LogP contribution >= 0.6 is 35.6 Å². The second kappa shape index (κ2) is 14.0. The molecule has 170 valence electrons. The highest BCUT2D eigenvalue weighted by Gasteiger charge is 2.07. The minimum Gasteiger partial charge on any atom is -0.493 e. The van der Waals surface area contributed by atoms with Gasteiger partial charge in [-0.3, -0.25) is 9.79 Å². The lowest BCUT2D eigenvalue weighted by Crippen LogP contribution is -2.39. The topological polar surface area (TPSA) is 84.0 Å². The van der Waals surface area contributed by atoms with Crippen molar-refractivity contribution in [1.82, 2.24) is 10.6 Å². The Morgan fingerprint density at radius 2 is 1.74 bits per heavy atom. The number of aliphatic imine (C=N–C) groups is 1. The van der Waals surface area contributed by atoms with Crippen molar-refractivity contribution in [3.63, 3.8) is 0 Å². The predicted octanol–water partition coefficient (Wildman–Crippen LogP) is 4.02. The van der Waals surface area contributed by atoms with E-state index in [1.165, 1.54) is 0 Å². The maximum absolute atomic E-state index is 12.1. The smallest absolute Gasteiger partial charge is 0.226 e. The number of guanidine groups is 1. The molecule has 0 spiro atoms. The van der Waals surface area contributed by atoms with Crippen molar-refractivity contribution in [2.75, 3.05) is 39.7 Å². The number of nitrogens with one attached hydrogen (secondary N) is 3. The largest absolute Gasteiger partial charge is 0.493 e. The highest BCUT2D eigenvalue weighted by Crippen LogP contribution is 2.27. The molecule has 2 aromatic carbocycles. The van der Waals surface area contributed by atoms with E-state index in [1.807, 2.05) is 37.3 Å². The van der Waals surface area contributed by atoms with Crippen LogP contribution in [0.2, 0.25) is 5.02 Å². The normalized spacial score (nSPS) is 10.7. The van der Waals surface area contributed by atoms with Crippen LogP contribution < -0.4 is 25.4 Å². The van der Waals surface area contributed by atoms with E-state index in [-0.39, 0.29) is 29.9 Å². The van der Waals surface area contributed by atoms with E-state index >= 15 is 0 Å². The van der Waals surface area contributed by atoms with E-state index in [9.17, 15) is 4.79 Å². The minimum absolute atomic E-state index is 0. The van der Waals surface area contributed by atoms with Crippen molar-refractivity contribution in [1.29, 1.82) is 0 Å². The number of rotatable bonds is 9. The molecular formula is C22H30ClIN4O3. The van der Waals surface area contributed by atoms with Gasteiger partial charge in [-0.25, -0.2) is 0 Å². The summed E-state index contributed by atoms with van der Waals surface area (Å²) >= 11 is 6.15. The third-order valence-corrected chi connectivity index (χ3v) is 4.73. The van der Waals surface area contributed by atoms with E-state index in [2.05, 4.69) is 20.9 Å². The number of halogens is 2. The van der Waals surface area contributed by atoms with Gasteiger partial charge in [0.1, 0.15) is 0 Å². The Kier molecular flexibility index (Phi) is 12.1. The van der Waals surface area contributed by atoms with Gasteiger partial charge in [-0.1, -0.05) is 23.7 Å². The lowest BCUT2D eigenvalue weighted by atomic mass is 10.1. The van der Waals surface area contributed by atoms with Gasteiger partial charge in [-0.2, -0.15) is 0 Å². The zero-order chi connectivity index (χ0) is 21.9. The monoisotopic (exact) mass is 560 g/mol. The molecule has 1 amide bonds. The maximum Gasteiger partial charge on any atom is 0.226 e. The number of carbonyl (C=O) groups is 1. The minimum atomic E-state index is -0.117. The predicted molar refractivity (Wildman–Crippen MR) is 137 cm³/mol. The quantitative estimate of drug-likeness (QED) is 0.245. The fourth-order valence-corrected chi connectivity index (χ4v) is 3.09. The molecule has 0 saturated carbocycles. The van der Waals surface area contributed by atoms with Crippen molar-refractivity contribution in [2.45, 2.75) is 19.8 Å². The first kappa shape index (κ1) is 26.8. The van der Waals surface area contributed by atoms with Crippen molar-refractivity contribution < 1.29 is 14.3 Å². The summed E-state index contributed by atoms with van der Waals surface area (Å²) in [6.07, 6.45) is 1.08. The second-order valence-corrected chi connectivity index (χ2v) is 7.05. The number of ether oxygens (including phenoxy) is 2. The molecule has 0 fully saturated rings. The number of amides is 1. The Morgan fingerprint density at radius 3 is 2.39 bits per heavy atom. The fourth-order valence-electron chi connectivity index (χ4n) is 2.81. The van der Waals surface area contributed by atoms with E-state index in [0.717, 1.165) is 17.5 Å². The summed E-state index contributed by atoms with van der Waals surface area (Å²) in [5.41, 5.74) is 2.78. The molecule has 0 aliphatic rings. The molecule has 31 heavy (non-hydrogen) atoms. The number of nitrogens with zero attached hydrogens (tertiary/aromatic N) is 1. The van der Waals surface area contributed by atoms with Gasteiger partial charge in [0.15, 0.2) is 17.5 Å². The number of benzene rings is 2. The molecule has 0 aromatic heterocycles. The van der Waals surface area contributed by atoms with Crippen LogP contribution in [-0.4, -0.2) is 46.2 Å². The molecule has 0 saturated heterocycles. The summed E-state index contributed by atoms with van der Waals surface area (Å²) in [4.78, 5) is 16.3. The summed E-state index contributed by atoms with van der Waals surface area (Å²) in [7, 11) is 4.93. The van der Waals surface area contributed by atoms with Gasteiger partial charge in [0.05, 0.1) is 24.9 Å². The third-order valence-electron chi connectivity index (χ3n) is 4.42. The van der Waals surface area contributed by atoms with Gasteiger partial charge in [0.2, 0.25) is 5.91 Å². The summed E-state index contributed by atoms with van der Waals surface area (Å²) < 4.78 is 10.6. The Bertz CT molecular complexity index is 893. The van der Waals surface area contributed by atoms with Crippen LogP contribution in [0.25, 0.3) is 0 Å². The Hall–Kier alpha value is -2.20. The van der Waals surface area contributed by atoms with Gasteiger partial charge in [-0.15, -0.1) is 24.0 Å². The number of methoxy groups -OCH3 is 2. The average Bonchev–Trinajstić information content (AvgIpc) is 2.74. The zero-order valence-corrected chi connectivity index (χ0v) is 21.3. The van der Waals surface area contributed by atoms with Crippen LogP contribution in [0.5, 0.6) is 11.5 Å². The summed E-state index contributed by atoms with van der Waals surface area (Å²) in [5.74, 6) is 1.93. The highest BCUT2D eigenvalue weighted by atomic mass is 127. The van der Waals surface area contributed by atoms with Gasteiger partial charge in [0, 0.05) is 26.6 Å². The maximum atomic E-state index is 12.1. The third kappa shape index (κ3) is 8.82. The Balaban J connectivity index is 0.00000480. The molecule has 2 aromatic rings. The number of carbonyl (C=O) groups excluding carboxylic acids is 1. The molecule has 0 aliphatic carbocycles. The van der Waals surface area contributed by atoms with Gasteiger partial charge in [0.25, 0.3) is 0 Å². The number of hydrogen-bond acceptors (Lipinski definition) is 4.